The maximum Gasteiger partial charge on any atom is 0.257 e. The number of nitrogens with one attached hydrogen (secondary N) is 3. The molecule has 0 aliphatic rings. The molecule has 0 aromatic heterocycles. The third kappa shape index (κ3) is 5.78. The van der Waals surface area contributed by atoms with Gasteiger partial charge in [0, 0.05) is 16.8 Å². The van der Waals surface area contributed by atoms with Crippen LogP contribution >= 0.6 is 12.2 Å². The summed E-state index contributed by atoms with van der Waals surface area (Å²) in [6, 6.07) is 15.3. The summed E-state index contributed by atoms with van der Waals surface area (Å²) < 4.78 is 30.0. The van der Waals surface area contributed by atoms with Gasteiger partial charge in [-0.1, -0.05) is 18.2 Å². The number of hydrogen-bond acceptors (Lipinski definition) is 6. The maximum absolute atomic E-state index is 14.2. The summed E-state index contributed by atoms with van der Waals surface area (Å²) in [6.45, 7) is 0. The highest BCUT2D eigenvalue weighted by atomic mass is 32.1. The molecule has 3 N–H and O–H groups in total. The van der Waals surface area contributed by atoms with Crippen LogP contribution in [0.25, 0.3) is 0 Å². The Kier molecular flexibility index (Phi) is 7.99. The van der Waals surface area contributed by atoms with Gasteiger partial charge in [0.2, 0.25) is 5.75 Å². The molecule has 0 bridgehead atoms. The highest BCUT2D eigenvalue weighted by Gasteiger charge is 2.18. The predicted molar refractivity (Wildman–Crippen MR) is 131 cm³/mol. The van der Waals surface area contributed by atoms with Crippen molar-refractivity contribution < 1.29 is 28.2 Å². The molecule has 8 nitrogen and oxygen atoms in total. The first-order valence-electron chi connectivity index (χ1n) is 9.94. The Hall–Kier alpha value is -4.18. The summed E-state index contributed by atoms with van der Waals surface area (Å²) in [7, 11) is 4.33. The molecule has 0 atom stereocenters. The standard InChI is InChI=1S/C24H22FN3O5S/c1-31-19-11-15(12-20(32-2)21(19)33-3)23(30)28-24(34)26-16-9-10-17(25)18(13-16)27-22(29)14-7-5-4-6-8-14/h4-13H,1-3H3,(H,27,29)(H2,26,28,30,34). The number of carbonyl (C=O) groups excluding carboxylic acids is 2. The number of hydrogen-bond donors (Lipinski definition) is 3. The lowest BCUT2D eigenvalue weighted by Crippen LogP contribution is -2.34. The number of carbonyl (C=O) groups is 2. The van der Waals surface area contributed by atoms with Crippen LogP contribution in [-0.2, 0) is 0 Å². The quantitative estimate of drug-likeness (QED) is 0.433. The van der Waals surface area contributed by atoms with Gasteiger partial charge in [0.15, 0.2) is 16.6 Å². The molecule has 0 saturated heterocycles. The second-order valence-electron chi connectivity index (χ2n) is 6.84. The third-order valence-corrected chi connectivity index (χ3v) is 4.87. The predicted octanol–water partition coefficient (Wildman–Crippen LogP) is 4.23. The van der Waals surface area contributed by atoms with Gasteiger partial charge in [-0.05, 0) is 54.7 Å². The van der Waals surface area contributed by atoms with Gasteiger partial charge in [0.25, 0.3) is 11.8 Å². The minimum atomic E-state index is -0.623. The van der Waals surface area contributed by atoms with Crippen molar-refractivity contribution >= 4 is 40.5 Å². The van der Waals surface area contributed by atoms with Gasteiger partial charge in [-0.25, -0.2) is 4.39 Å². The fraction of sp³-hybridized carbons (Fsp3) is 0.125. The number of halogens is 1. The van der Waals surface area contributed by atoms with Gasteiger partial charge >= 0.3 is 0 Å². The number of benzene rings is 3. The fourth-order valence-corrected chi connectivity index (χ4v) is 3.24. The smallest absolute Gasteiger partial charge is 0.257 e. The van der Waals surface area contributed by atoms with Crippen LogP contribution in [0.3, 0.4) is 0 Å². The zero-order valence-corrected chi connectivity index (χ0v) is 19.4. The van der Waals surface area contributed by atoms with Gasteiger partial charge in [-0.2, -0.15) is 0 Å². The van der Waals surface area contributed by atoms with Crippen molar-refractivity contribution in [2.24, 2.45) is 0 Å². The zero-order valence-electron chi connectivity index (χ0n) is 18.6. The van der Waals surface area contributed by atoms with Crippen molar-refractivity contribution in [1.29, 1.82) is 0 Å². The van der Waals surface area contributed by atoms with E-state index < -0.39 is 17.6 Å². The Morgan fingerprint density at radius 2 is 1.44 bits per heavy atom. The number of anilines is 2. The van der Waals surface area contributed by atoms with Crippen LogP contribution in [0.15, 0.2) is 60.7 Å². The Balaban J connectivity index is 1.71. The van der Waals surface area contributed by atoms with E-state index in [4.69, 9.17) is 26.4 Å². The van der Waals surface area contributed by atoms with Gasteiger partial charge in [0.05, 0.1) is 27.0 Å². The van der Waals surface area contributed by atoms with Gasteiger partial charge < -0.3 is 24.8 Å². The Morgan fingerprint density at radius 1 is 0.794 bits per heavy atom. The van der Waals surface area contributed by atoms with E-state index in [0.29, 0.717) is 28.5 Å². The van der Waals surface area contributed by atoms with Crippen molar-refractivity contribution in [2.75, 3.05) is 32.0 Å². The van der Waals surface area contributed by atoms with Crippen molar-refractivity contribution in [2.45, 2.75) is 0 Å². The van der Waals surface area contributed by atoms with Gasteiger partial charge in [-0.15, -0.1) is 0 Å². The summed E-state index contributed by atoms with van der Waals surface area (Å²) in [4.78, 5) is 25.0. The van der Waals surface area contributed by atoms with Crippen molar-refractivity contribution in [1.82, 2.24) is 5.32 Å². The average molecular weight is 484 g/mol. The van der Waals surface area contributed by atoms with Crippen LogP contribution in [0.5, 0.6) is 17.2 Å². The summed E-state index contributed by atoms with van der Waals surface area (Å²) in [6.07, 6.45) is 0. The van der Waals surface area contributed by atoms with E-state index in [9.17, 15) is 14.0 Å². The van der Waals surface area contributed by atoms with Crippen molar-refractivity contribution in [3.05, 3.63) is 77.6 Å². The molecular formula is C24H22FN3O5S. The number of thiocarbonyl (C=S) groups is 1. The van der Waals surface area contributed by atoms with E-state index in [0.717, 1.165) is 0 Å². The number of ether oxygens (including phenoxy) is 3. The average Bonchev–Trinajstić information content (AvgIpc) is 2.85. The van der Waals surface area contributed by atoms with Crippen LogP contribution in [0.4, 0.5) is 15.8 Å². The van der Waals surface area contributed by atoms with E-state index >= 15 is 0 Å². The number of methoxy groups -OCH3 is 3. The molecule has 0 radical (unpaired) electrons. The van der Waals surface area contributed by atoms with E-state index in [-0.39, 0.29) is 16.4 Å². The van der Waals surface area contributed by atoms with E-state index in [1.165, 1.54) is 51.7 Å². The molecule has 0 aliphatic heterocycles. The Bertz CT molecular complexity index is 1200. The van der Waals surface area contributed by atoms with Gasteiger partial charge in [-0.3, -0.25) is 14.9 Å². The molecule has 176 valence electrons. The lowest BCUT2D eigenvalue weighted by Gasteiger charge is -2.15. The molecule has 0 saturated carbocycles. The Labute approximate surface area is 201 Å². The minimum absolute atomic E-state index is 0.0364. The molecule has 3 aromatic rings. The van der Waals surface area contributed by atoms with Crippen LogP contribution in [-0.4, -0.2) is 38.3 Å². The topological polar surface area (TPSA) is 97.9 Å². The summed E-state index contributed by atoms with van der Waals surface area (Å²) >= 11 is 5.21. The van der Waals surface area contributed by atoms with Crippen LogP contribution in [0.2, 0.25) is 0 Å². The lowest BCUT2D eigenvalue weighted by molar-refractivity contribution is 0.0975. The molecule has 3 rings (SSSR count). The molecule has 0 unspecified atom stereocenters. The van der Waals surface area contributed by atoms with Crippen molar-refractivity contribution in [3.63, 3.8) is 0 Å². The molecular weight excluding hydrogens is 461 g/mol. The van der Waals surface area contributed by atoms with E-state index in [1.54, 1.807) is 30.3 Å². The molecule has 2 amide bonds. The molecule has 0 spiro atoms. The second kappa shape index (κ2) is 11.1. The summed E-state index contributed by atoms with van der Waals surface area (Å²) in [5.41, 5.74) is 0.916. The van der Waals surface area contributed by atoms with E-state index in [2.05, 4.69) is 16.0 Å². The Morgan fingerprint density at radius 3 is 2.03 bits per heavy atom. The first-order valence-corrected chi connectivity index (χ1v) is 10.4. The van der Waals surface area contributed by atoms with Crippen LogP contribution in [0, 0.1) is 5.82 Å². The molecule has 3 aromatic carbocycles. The molecule has 0 heterocycles. The van der Waals surface area contributed by atoms with Crippen LogP contribution < -0.4 is 30.2 Å². The lowest BCUT2D eigenvalue weighted by atomic mass is 10.1. The normalized spacial score (nSPS) is 10.1. The summed E-state index contributed by atoms with van der Waals surface area (Å²) in [5.74, 6) is -0.654. The van der Waals surface area contributed by atoms with Gasteiger partial charge in [0.1, 0.15) is 5.82 Å². The molecule has 0 aliphatic carbocycles. The largest absolute Gasteiger partial charge is 0.493 e. The minimum Gasteiger partial charge on any atom is -0.493 e. The van der Waals surface area contributed by atoms with E-state index in [1.807, 2.05) is 0 Å². The monoisotopic (exact) mass is 483 g/mol. The zero-order chi connectivity index (χ0) is 24.7. The SMILES string of the molecule is COc1cc(C(=O)NC(=S)Nc2ccc(F)c(NC(=O)c3ccccc3)c2)cc(OC)c1OC. The van der Waals surface area contributed by atoms with Crippen molar-refractivity contribution in [3.8, 4) is 17.2 Å². The second-order valence-corrected chi connectivity index (χ2v) is 7.25. The number of rotatable bonds is 7. The fourth-order valence-electron chi connectivity index (χ4n) is 3.03. The maximum atomic E-state index is 14.2. The molecule has 34 heavy (non-hydrogen) atoms. The molecule has 10 heteroatoms. The number of amides is 2. The first-order chi connectivity index (χ1) is 16.4. The summed E-state index contributed by atoms with van der Waals surface area (Å²) in [5, 5.41) is 7.81. The third-order valence-electron chi connectivity index (χ3n) is 4.66. The van der Waals surface area contributed by atoms with Crippen LogP contribution in [0.1, 0.15) is 20.7 Å². The highest BCUT2D eigenvalue weighted by molar-refractivity contribution is 7.80. The highest BCUT2D eigenvalue weighted by Crippen LogP contribution is 2.38. The first kappa shape index (κ1) is 24.5. The molecule has 0 fully saturated rings.